The zero-order chi connectivity index (χ0) is 18.3. The number of anilines is 1. The first-order valence-electron chi connectivity index (χ1n) is 9.27. The highest BCUT2D eigenvalue weighted by Crippen LogP contribution is 2.40. The van der Waals surface area contributed by atoms with E-state index in [-0.39, 0.29) is 5.82 Å². The fraction of sp³-hybridized carbons (Fsp3) is 0.182. The summed E-state index contributed by atoms with van der Waals surface area (Å²) in [7, 11) is 0. The second kappa shape index (κ2) is 6.28. The number of quaternary nitrogens is 1. The van der Waals surface area contributed by atoms with Gasteiger partial charge >= 0.3 is 0 Å². The second-order valence-corrected chi connectivity index (χ2v) is 7.09. The predicted octanol–water partition coefficient (Wildman–Crippen LogP) is 5.02. The van der Waals surface area contributed by atoms with Crippen molar-refractivity contribution in [3.8, 4) is 11.1 Å². The minimum absolute atomic E-state index is 0.211. The van der Waals surface area contributed by atoms with Crippen LogP contribution >= 0.6 is 0 Å². The second-order valence-electron chi connectivity index (χ2n) is 7.09. The smallest absolute Gasteiger partial charge is 0.225 e. The molecule has 2 aromatic rings. The highest BCUT2D eigenvalue weighted by molar-refractivity contribution is 5.82. The van der Waals surface area contributed by atoms with E-state index in [1.165, 1.54) is 6.42 Å². The van der Waals surface area contributed by atoms with E-state index in [1.54, 1.807) is 12.3 Å². The average Bonchev–Trinajstić information content (AvgIpc) is 3.10. The van der Waals surface area contributed by atoms with Crippen molar-refractivity contribution in [1.82, 2.24) is 0 Å². The van der Waals surface area contributed by atoms with Gasteiger partial charge in [0.1, 0.15) is 5.82 Å². The van der Waals surface area contributed by atoms with Crippen LogP contribution in [-0.4, -0.2) is 23.2 Å². The summed E-state index contributed by atoms with van der Waals surface area (Å²) >= 11 is 0. The summed E-state index contributed by atoms with van der Waals surface area (Å²) in [6.07, 6.45) is 12.7. The molecule has 1 unspecified atom stereocenters. The molecule has 0 N–H and O–H groups in total. The van der Waals surface area contributed by atoms with Gasteiger partial charge in [-0.15, -0.1) is 4.59 Å². The van der Waals surface area contributed by atoms with Crippen molar-refractivity contribution in [2.75, 3.05) is 5.01 Å². The third-order valence-electron chi connectivity index (χ3n) is 5.53. The zero-order valence-corrected chi connectivity index (χ0v) is 14.9. The van der Waals surface area contributed by atoms with E-state index in [9.17, 15) is 0 Å². The molecule has 4 nitrogen and oxygen atoms in total. The SMILES string of the molecule is Fc1cc(N(C2CCC2)[N+]23C=CN=CC2=CN=C3)ccc1-c1ccccc1. The first kappa shape index (κ1) is 16.1. The molecule has 3 aliphatic rings. The highest BCUT2D eigenvalue weighted by Gasteiger charge is 2.46. The van der Waals surface area contributed by atoms with Gasteiger partial charge in [-0.05, 0) is 37.0 Å². The Bertz CT molecular complexity index is 989. The van der Waals surface area contributed by atoms with Crippen molar-refractivity contribution in [1.29, 1.82) is 0 Å². The molecule has 134 valence electrons. The minimum Gasteiger partial charge on any atom is -0.253 e. The maximum Gasteiger partial charge on any atom is 0.225 e. The van der Waals surface area contributed by atoms with Crippen LogP contribution in [0.3, 0.4) is 0 Å². The van der Waals surface area contributed by atoms with Crippen molar-refractivity contribution >= 4 is 18.2 Å². The van der Waals surface area contributed by atoms with E-state index >= 15 is 4.39 Å². The van der Waals surface area contributed by atoms with Crippen LogP contribution in [0, 0.1) is 5.82 Å². The lowest BCUT2D eigenvalue weighted by Gasteiger charge is -2.46. The Kier molecular flexibility index (Phi) is 3.76. The zero-order valence-electron chi connectivity index (χ0n) is 14.9. The van der Waals surface area contributed by atoms with Gasteiger partial charge in [0, 0.05) is 11.6 Å². The molecule has 1 fully saturated rings. The minimum atomic E-state index is -0.211. The molecule has 0 amide bonds. The quantitative estimate of drug-likeness (QED) is 0.704. The Balaban J connectivity index is 1.59. The van der Waals surface area contributed by atoms with E-state index in [4.69, 9.17) is 0 Å². The fourth-order valence-electron chi connectivity index (χ4n) is 3.93. The molecular weight excluding hydrogens is 339 g/mol. The van der Waals surface area contributed by atoms with Crippen molar-refractivity contribution in [3.05, 3.63) is 78.6 Å². The number of halogens is 1. The lowest BCUT2D eigenvalue weighted by Crippen LogP contribution is -2.61. The van der Waals surface area contributed by atoms with E-state index in [2.05, 4.69) is 15.0 Å². The Hall–Kier alpha value is -3.05. The van der Waals surface area contributed by atoms with E-state index in [0.29, 0.717) is 16.2 Å². The number of hydrogen-bond acceptors (Lipinski definition) is 3. The van der Waals surface area contributed by atoms with Gasteiger partial charge in [0.15, 0.2) is 6.20 Å². The van der Waals surface area contributed by atoms with Crippen molar-refractivity contribution in [2.24, 2.45) is 9.98 Å². The van der Waals surface area contributed by atoms with Gasteiger partial charge in [-0.3, -0.25) is 4.99 Å². The maximum atomic E-state index is 15.1. The van der Waals surface area contributed by atoms with Gasteiger partial charge in [0.25, 0.3) is 0 Å². The summed E-state index contributed by atoms with van der Waals surface area (Å²) in [5, 5.41) is 2.26. The monoisotopic (exact) mass is 359 g/mol. The van der Waals surface area contributed by atoms with Crippen LogP contribution in [0.25, 0.3) is 11.1 Å². The standard InChI is InChI=1S/C22H20FN4/c23-22-13-19(9-10-21(22)17-5-2-1-3-6-17)26(18-7-4-8-18)27-12-11-24-14-20(27)15-25-16-27/h1-3,5-6,9-16,18H,4,7-8H2/q+1. The molecule has 5 rings (SSSR count). The lowest BCUT2D eigenvalue weighted by atomic mass is 9.91. The molecule has 2 heterocycles. The summed E-state index contributed by atoms with van der Waals surface area (Å²) in [4.78, 5) is 8.63. The molecule has 1 aliphatic carbocycles. The number of fused-ring (bicyclic) bond motifs is 1. The number of nitrogens with zero attached hydrogens (tertiary/aromatic N) is 4. The average molecular weight is 359 g/mol. The topological polar surface area (TPSA) is 28.0 Å². The maximum absolute atomic E-state index is 15.1. The van der Waals surface area contributed by atoms with Crippen molar-refractivity contribution in [3.63, 3.8) is 0 Å². The molecule has 1 saturated carbocycles. The summed E-state index contributed by atoms with van der Waals surface area (Å²) in [6.45, 7) is 0. The third-order valence-corrected chi connectivity index (χ3v) is 5.53. The molecule has 0 radical (unpaired) electrons. The predicted molar refractivity (Wildman–Crippen MR) is 106 cm³/mol. The molecule has 27 heavy (non-hydrogen) atoms. The van der Waals surface area contributed by atoms with Gasteiger partial charge in [0.05, 0.1) is 30.3 Å². The molecule has 0 bridgehead atoms. The van der Waals surface area contributed by atoms with Crippen LogP contribution in [0.1, 0.15) is 19.3 Å². The van der Waals surface area contributed by atoms with Crippen LogP contribution in [-0.2, 0) is 0 Å². The Labute approximate surface area is 157 Å². The molecule has 0 spiro atoms. The third kappa shape index (κ3) is 2.54. The summed E-state index contributed by atoms with van der Waals surface area (Å²) in [6, 6.07) is 15.5. The molecule has 2 aliphatic heterocycles. The van der Waals surface area contributed by atoms with E-state index in [0.717, 1.165) is 29.8 Å². The summed E-state index contributed by atoms with van der Waals surface area (Å²) < 4.78 is 15.4. The van der Waals surface area contributed by atoms with E-state index in [1.807, 2.05) is 67.4 Å². The van der Waals surface area contributed by atoms with Crippen LogP contribution in [0.2, 0.25) is 0 Å². The highest BCUT2D eigenvalue weighted by atomic mass is 19.1. The molecular formula is C22H20FN4+. The van der Waals surface area contributed by atoms with Gasteiger partial charge in [-0.2, -0.15) is 0 Å². The first-order chi connectivity index (χ1) is 13.3. The van der Waals surface area contributed by atoms with Gasteiger partial charge in [-0.25, -0.2) is 14.4 Å². The van der Waals surface area contributed by atoms with Gasteiger partial charge in [0.2, 0.25) is 12.0 Å². The fourth-order valence-corrected chi connectivity index (χ4v) is 3.93. The number of benzene rings is 2. The largest absolute Gasteiger partial charge is 0.253 e. The Morgan fingerprint density at radius 3 is 2.63 bits per heavy atom. The van der Waals surface area contributed by atoms with Crippen LogP contribution < -0.4 is 5.01 Å². The lowest BCUT2D eigenvalue weighted by molar-refractivity contribution is -0.746. The summed E-state index contributed by atoms with van der Waals surface area (Å²) in [5.74, 6) is -0.211. The van der Waals surface area contributed by atoms with Crippen molar-refractivity contribution < 1.29 is 8.98 Å². The normalized spacial score (nSPS) is 23.1. The number of hydrogen-bond donors (Lipinski definition) is 0. The molecule has 0 aromatic heterocycles. The molecule has 5 heteroatoms. The number of aliphatic imine (C=N–C) groups is 2. The van der Waals surface area contributed by atoms with Gasteiger partial charge < -0.3 is 0 Å². The van der Waals surface area contributed by atoms with Gasteiger partial charge in [-0.1, -0.05) is 30.3 Å². The van der Waals surface area contributed by atoms with Crippen molar-refractivity contribution in [2.45, 2.75) is 25.3 Å². The molecule has 1 atom stereocenters. The Morgan fingerprint density at radius 1 is 1.04 bits per heavy atom. The Morgan fingerprint density at radius 2 is 1.89 bits per heavy atom. The number of rotatable bonds is 4. The first-order valence-corrected chi connectivity index (χ1v) is 9.27. The number of allylic oxidation sites excluding steroid dienone is 1. The van der Waals surface area contributed by atoms with Crippen LogP contribution in [0.4, 0.5) is 10.1 Å². The van der Waals surface area contributed by atoms with E-state index < -0.39 is 0 Å². The molecule has 0 saturated heterocycles. The van der Waals surface area contributed by atoms with Crippen LogP contribution in [0.15, 0.2) is 82.8 Å². The summed E-state index contributed by atoms with van der Waals surface area (Å²) in [5.41, 5.74) is 3.33. The van der Waals surface area contributed by atoms with Crippen LogP contribution in [0.5, 0.6) is 0 Å². The molecule has 2 aromatic carbocycles.